The van der Waals surface area contributed by atoms with E-state index in [0.29, 0.717) is 0 Å². The zero-order valence-corrected chi connectivity index (χ0v) is 30.5. The van der Waals surface area contributed by atoms with Gasteiger partial charge in [0.05, 0.1) is 11.4 Å². The lowest BCUT2D eigenvalue weighted by Gasteiger charge is -2.32. The van der Waals surface area contributed by atoms with Crippen LogP contribution < -0.4 is 4.90 Å². The molecule has 10 rings (SSSR count). The molecule has 1 nitrogen and oxygen atoms in total. The molecular formula is C53H39N. The maximum atomic E-state index is 2.54. The molecule has 1 heteroatoms. The molecule has 0 radical (unpaired) electrons. The van der Waals surface area contributed by atoms with Crippen molar-refractivity contribution in [3.63, 3.8) is 0 Å². The van der Waals surface area contributed by atoms with Crippen LogP contribution in [0.1, 0.15) is 25.0 Å². The van der Waals surface area contributed by atoms with E-state index in [1.807, 2.05) is 0 Å². The SMILES string of the molecule is CC1(C)c2ccccc2-c2c(N(c3ccc4c(ccc5ccccc54)c3)c3cccc(-c4ccccc4)c3-c3ccccc3-c3ccccc3)cccc21. The molecule has 0 aromatic heterocycles. The zero-order valence-electron chi connectivity index (χ0n) is 30.5. The first-order valence-electron chi connectivity index (χ1n) is 18.9. The van der Waals surface area contributed by atoms with Gasteiger partial charge in [-0.3, -0.25) is 0 Å². The summed E-state index contributed by atoms with van der Waals surface area (Å²) < 4.78 is 0. The van der Waals surface area contributed by atoms with Gasteiger partial charge in [-0.2, -0.15) is 0 Å². The van der Waals surface area contributed by atoms with Crippen molar-refractivity contribution in [3.05, 3.63) is 211 Å². The number of hydrogen-bond acceptors (Lipinski definition) is 1. The third-order valence-electron chi connectivity index (χ3n) is 11.5. The van der Waals surface area contributed by atoms with Gasteiger partial charge in [0, 0.05) is 22.2 Å². The average Bonchev–Trinajstić information content (AvgIpc) is 3.47. The molecule has 0 heterocycles. The Morgan fingerprint density at radius 3 is 1.67 bits per heavy atom. The van der Waals surface area contributed by atoms with Crippen LogP contribution in [-0.2, 0) is 5.41 Å². The summed E-state index contributed by atoms with van der Waals surface area (Å²) in [4.78, 5) is 2.54. The second-order valence-corrected chi connectivity index (χ2v) is 14.9. The normalized spacial score (nSPS) is 12.8. The van der Waals surface area contributed by atoms with Crippen LogP contribution in [0, 0.1) is 0 Å². The van der Waals surface area contributed by atoms with Crippen LogP contribution in [0.2, 0.25) is 0 Å². The maximum Gasteiger partial charge on any atom is 0.0546 e. The van der Waals surface area contributed by atoms with E-state index < -0.39 is 0 Å². The van der Waals surface area contributed by atoms with E-state index >= 15 is 0 Å². The molecule has 0 amide bonds. The van der Waals surface area contributed by atoms with E-state index in [1.165, 1.54) is 82.9 Å². The first-order chi connectivity index (χ1) is 26.6. The van der Waals surface area contributed by atoms with Crippen LogP contribution in [0.15, 0.2) is 200 Å². The minimum absolute atomic E-state index is 0.134. The van der Waals surface area contributed by atoms with E-state index in [4.69, 9.17) is 0 Å². The number of fused-ring (bicyclic) bond motifs is 6. The third-order valence-corrected chi connectivity index (χ3v) is 11.5. The summed E-state index contributed by atoms with van der Waals surface area (Å²) in [6.07, 6.45) is 0. The minimum Gasteiger partial charge on any atom is -0.309 e. The molecule has 9 aromatic carbocycles. The first kappa shape index (κ1) is 32.0. The Bertz CT molecular complexity index is 2850. The van der Waals surface area contributed by atoms with E-state index in [0.717, 1.165) is 11.4 Å². The van der Waals surface area contributed by atoms with Crippen molar-refractivity contribution in [2.24, 2.45) is 0 Å². The Labute approximate surface area is 317 Å². The minimum atomic E-state index is -0.134. The molecule has 0 spiro atoms. The van der Waals surface area contributed by atoms with Gasteiger partial charge < -0.3 is 4.90 Å². The summed E-state index contributed by atoms with van der Waals surface area (Å²) in [6, 6.07) is 73.5. The Hall–Kier alpha value is -6.70. The van der Waals surface area contributed by atoms with Crippen LogP contribution in [0.3, 0.4) is 0 Å². The largest absolute Gasteiger partial charge is 0.309 e. The van der Waals surface area contributed by atoms with Gasteiger partial charge in [0.1, 0.15) is 0 Å². The highest BCUT2D eigenvalue weighted by Gasteiger charge is 2.38. The molecule has 0 N–H and O–H groups in total. The number of anilines is 3. The van der Waals surface area contributed by atoms with Gasteiger partial charge in [-0.05, 0) is 90.3 Å². The lowest BCUT2D eigenvalue weighted by molar-refractivity contribution is 0.660. The lowest BCUT2D eigenvalue weighted by atomic mass is 9.82. The van der Waals surface area contributed by atoms with Gasteiger partial charge in [-0.1, -0.05) is 190 Å². The zero-order chi connectivity index (χ0) is 36.2. The Morgan fingerprint density at radius 1 is 0.352 bits per heavy atom. The number of rotatable bonds is 6. The van der Waals surface area contributed by atoms with Crippen molar-refractivity contribution in [1.82, 2.24) is 0 Å². The molecule has 1 aliphatic carbocycles. The highest BCUT2D eigenvalue weighted by Crippen LogP contribution is 2.56. The Kier molecular flexibility index (Phi) is 7.56. The van der Waals surface area contributed by atoms with Crippen molar-refractivity contribution in [2.45, 2.75) is 19.3 Å². The summed E-state index contributed by atoms with van der Waals surface area (Å²) >= 11 is 0. The summed E-state index contributed by atoms with van der Waals surface area (Å²) in [7, 11) is 0. The molecule has 0 bridgehead atoms. The molecule has 0 saturated heterocycles. The highest BCUT2D eigenvalue weighted by atomic mass is 15.1. The fraction of sp³-hybridized carbons (Fsp3) is 0.0566. The molecule has 256 valence electrons. The second-order valence-electron chi connectivity index (χ2n) is 14.9. The summed E-state index contributed by atoms with van der Waals surface area (Å²) in [5.74, 6) is 0. The van der Waals surface area contributed by atoms with Gasteiger partial charge >= 0.3 is 0 Å². The number of nitrogens with zero attached hydrogens (tertiary/aromatic N) is 1. The van der Waals surface area contributed by atoms with Crippen molar-refractivity contribution in [3.8, 4) is 44.5 Å². The predicted octanol–water partition coefficient (Wildman–Crippen LogP) is 14.8. The molecule has 0 aliphatic heterocycles. The molecule has 54 heavy (non-hydrogen) atoms. The summed E-state index contributed by atoms with van der Waals surface area (Å²) in [6.45, 7) is 4.73. The molecule has 0 unspecified atom stereocenters. The summed E-state index contributed by atoms with van der Waals surface area (Å²) in [5, 5.41) is 5.00. The van der Waals surface area contributed by atoms with Crippen molar-refractivity contribution in [2.75, 3.05) is 4.90 Å². The molecule has 0 saturated carbocycles. The maximum absolute atomic E-state index is 2.54. The van der Waals surface area contributed by atoms with E-state index in [2.05, 4.69) is 219 Å². The van der Waals surface area contributed by atoms with Crippen LogP contribution in [0.25, 0.3) is 66.1 Å². The van der Waals surface area contributed by atoms with Crippen LogP contribution in [0.4, 0.5) is 17.1 Å². The van der Waals surface area contributed by atoms with Gasteiger partial charge in [-0.25, -0.2) is 0 Å². The highest BCUT2D eigenvalue weighted by molar-refractivity contribution is 6.10. The topological polar surface area (TPSA) is 3.24 Å². The molecule has 9 aromatic rings. The number of hydrogen-bond donors (Lipinski definition) is 0. The van der Waals surface area contributed by atoms with Crippen LogP contribution in [0.5, 0.6) is 0 Å². The number of benzene rings is 9. The Morgan fingerprint density at radius 2 is 0.889 bits per heavy atom. The van der Waals surface area contributed by atoms with E-state index in [1.54, 1.807) is 0 Å². The third kappa shape index (κ3) is 5.08. The van der Waals surface area contributed by atoms with Crippen LogP contribution in [-0.4, -0.2) is 0 Å². The predicted molar refractivity (Wildman–Crippen MR) is 230 cm³/mol. The van der Waals surface area contributed by atoms with E-state index in [-0.39, 0.29) is 5.41 Å². The smallest absolute Gasteiger partial charge is 0.0546 e. The van der Waals surface area contributed by atoms with Crippen LogP contribution >= 0.6 is 0 Å². The molecular weight excluding hydrogens is 651 g/mol. The van der Waals surface area contributed by atoms with Gasteiger partial charge in [-0.15, -0.1) is 0 Å². The average molecular weight is 690 g/mol. The van der Waals surface area contributed by atoms with Crippen molar-refractivity contribution in [1.29, 1.82) is 0 Å². The molecule has 0 fully saturated rings. The Balaban J connectivity index is 1.32. The monoisotopic (exact) mass is 689 g/mol. The molecule has 0 atom stereocenters. The standard InChI is InChI=1S/C53H39N/c1-53(2)47-27-14-13-25-46(47)52-48(53)28-16-30-50(52)54(40-33-34-43-39(35-40)32-31-38-21-9-10-22-41(38)43)49-29-15-26-44(37-19-7-4-8-20-37)51(49)45-24-12-11-23-42(45)36-17-5-3-6-18-36/h3-35H,1-2H3. The van der Waals surface area contributed by atoms with E-state index in [9.17, 15) is 0 Å². The van der Waals surface area contributed by atoms with Gasteiger partial charge in [0.2, 0.25) is 0 Å². The van der Waals surface area contributed by atoms with Crippen molar-refractivity contribution >= 4 is 38.6 Å². The fourth-order valence-corrected chi connectivity index (χ4v) is 8.91. The second kappa shape index (κ2) is 12.8. The lowest BCUT2D eigenvalue weighted by Crippen LogP contribution is -2.16. The fourth-order valence-electron chi connectivity index (χ4n) is 8.91. The molecule has 1 aliphatic rings. The summed E-state index contributed by atoms with van der Waals surface area (Å²) in [5.41, 5.74) is 15.8. The quantitative estimate of drug-likeness (QED) is 0.157. The van der Waals surface area contributed by atoms with Gasteiger partial charge in [0.25, 0.3) is 0 Å². The first-order valence-corrected chi connectivity index (χ1v) is 18.9. The van der Waals surface area contributed by atoms with Gasteiger partial charge in [0.15, 0.2) is 0 Å². The van der Waals surface area contributed by atoms with Crippen molar-refractivity contribution < 1.29 is 0 Å².